The van der Waals surface area contributed by atoms with Crippen LogP contribution in [-0.2, 0) is 11.8 Å². The van der Waals surface area contributed by atoms with Crippen molar-refractivity contribution in [1.29, 1.82) is 0 Å². The molecule has 0 saturated carbocycles. The summed E-state index contributed by atoms with van der Waals surface area (Å²) in [5.74, 6) is 0. The number of aliphatic imine (C=N–C) groups is 1. The molecule has 2 aliphatic rings. The number of fused-ring (bicyclic) bond motifs is 3. The summed E-state index contributed by atoms with van der Waals surface area (Å²) in [6.45, 7) is 15.8. The Morgan fingerprint density at radius 2 is 1.73 bits per heavy atom. The van der Waals surface area contributed by atoms with Crippen molar-refractivity contribution in [2.45, 2.75) is 65.3 Å². The van der Waals surface area contributed by atoms with Crippen LogP contribution in [0.3, 0.4) is 0 Å². The highest BCUT2D eigenvalue weighted by Gasteiger charge is 2.38. The van der Waals surface area contributed by atoms with E-state index in [2.05, 4.69) is 95.8 Å². The van der Waals surface area contributed by atoms with Crippen LogP contribution in [0.5, 0.6) is 0 Å². The molecule has 3 nitrogen and oxygen atoms in total. The Hall–Kier alpha value is -2.29. The van der Waals surface area contributed by atoms with Gasteiger partial charge in [-0.3, -0.25) is 4.99 Å². The van der Waals surface area contributed by atoms with E-state index in [1.54, 1.807) is 0 Å². The van der Waals surface area contributed by atoms with Crippen LogP contribution in [0.25, 0.3) is 0 Å². The lowest BCUT2D eigenvalue weighted by Gasteiger charge is -2.40. The van der Waals surface area contributed by atoms with Crippen molar-refractivity contribution in [1.82, 2.24) is 0 Å². The minimum atomic E-state index is -0.128. The summed E-state index contributed by atoms with van der Waals surface area (Å²) in [6.07, 6.45) is 2.40. The lowest BCUT2D eigenvalue weighted by atomic mass is 9.67. The highest BCUT2D eigenvalue weighted by molar-refractivity contribution is 6.17. The number of nitrogens with zero attached hydrogens (tertiary/aromatic N) is 3. The van der Waals surface area contributed by atoms with Gasteiger partial charge in [-0.1, -0.05) is 19.9 Å². The van der Waals surface area contributed by atoms with Crippen molar-refractivity contribution in [3.05, 3.63) is 58.1 Å². The van der Waals surface area contributed by atoms with Gasteiger partial charge < -0.3 is 9.80 Å². The molecule has 1 heterocycles. The summed E-state index contributed by atoms with van der Waals surface area (Å²) >= 11 is 0. The predicted molar refractivity (Wildman–Crippen MR) is 131 cm³/mol. The largest absolute Gasteiger partial charge is 0.378 e. The average molecular weight is 404 g/mol. The van der Waals surface area contributed by atoms with Gasteiger partial charge in [-0.2, -0.15) is 0 Å². The lowest BCUT2D eigenvalue weighted by molar-refractivity contribution is 0.580. The molecule has 0 unspecified atom stereocenters. The molecule has 0 aromatic heterocycles. The molecule has 0 amide bonds. The maximum atomic E-state index is 5.27. The molecule has 0 fully saturated rings. The van der Waals surface area contributed by atoms with Gasteiger partial charge in [0, 0.05) is 55.1 Å². The van der Waals surface area contributed by atoms with Gasteiger partial charge in [-0.25, -0.2) is 0 Å². The minimum absolute atomic E-state index is 0.0700. The van der Waals surface area contributed by atoms with E-state index >= 15 is 0 Å². The Kier molecular flexibility index (Phi) is 4.99. The third-order valence-electron chi connectivity index (χ3n) is 6.64. The van der Waals surface area contributed by atoms with E-state index < -0.39 is 0 Å². The van der Waals surface area contributed by atoms with Crippen LogP contribution in [0, 0.1) is 0 Å². The smallest absolute Gasteiger partial charge is 0.0731 e. The van der Waals surface area contributed by atoms with Crippen molar-refractivity contribution in [2.75, 3.05) is 37.0 Å². The van der Waals surface area contributed by atoms with E-state index in [-0.39, 0.29) is 11.0 Å². The topological polar surface area (TPSA) is 18.8 Å². The molecule has 0 N–H and O–H groups in total. The Balaban J connectivity index is 2.03. The maximum Gasteiger partial charge on any atom is 0.0731 e. The van der Waals surface area contributed by atoms with Crippen molar-refractivity contribution in [3.63, 3.8) is 0 Å². The first-order valence-electron chi connectivity index (χ1n) is 11.4. The number of rotatable bonds is 2. The minimum Gasteiger partial charge on any atom is -0.378 e. The highest BCUT2D eigenvalue weighted by atomic mass is 15.1. The SMILES string of the molecule is CCN1CCCc2cc3c(cc21)C(C)(C)c1cc(N(C)C)ccc1C3=NC(C)(C)C. The van der Waals surface area contributed by atoms with Gasteiger partial charge in [0.05, 0.1) is 11.3 Å². The number of anilines is 2. The summed E-state index contributed by atoms with van der Waals surface area (Å²) in [6, 6.07) is 11.8. The second-order valence-corrected chi connectivity index (χ2v) is 10.6. The number of hydrogen-bond donors (Lipinski definition) is 0. The predicted octanol–water partition coefficient (Wildman–Crippen LogP) is 5.80. The zero-order chi connectivity index (χ0) is 21.8. The molecule has 3 heteroatoms. The third kappa shape index (κ3) is 3.42. The highest BCUT2D eigenvalue weighted by Crippen LogP contribution is 2.46. The van der Waals surface area contributed by atoms with Gasteiger partial charge in [0.2, 0.25) is 0 Å². The number of aryl methyl sites for hydroxylation is 1. The van der Waals surface area contributed by atoms with Crippen molar-refractivity contribution >= 4 is 17.1 Å². The van der Waals surface area contributed by atoms with Crippen LogP contribution < -0.4 is 9.80 Å². The van der Waals surface area contributed by atoms with Gasteiger partial charge in [0.15, 0.2) is 0 Å². The fraction of sp³-hybridized carbons (Fsp3) is 0.519. The summed E-state index contributed by atoms with van der Waals surface area (Å²) in [7, 11) is 4.23. The summed E-state index contributed by atoms with van der Waals surface area (Å²) in [4.78, 5) is 10.0. The lowest BCUT2D eigenvalue weighted by Crippen LogP contribution is -2.35. The molecule has 0 bridgehead atoms. The molecule has 160 valence electrons. The van der Waals surface area contributed by atoms with Crippen molar-refractivity contribution < 1.29 is 0 Å². The molecule has 0 saturated heterocycles. The van der Waals surface area contributed by atoms with Gasteiger partial charge in [0.25, 0.3) is 0 Å². The first kappa shape index (κ1) is 21.0. The molecule has 4 rings (SSSR count). The summed E-state index contributed by atoms with van der Waals surface area (Å²) in [5, 5.41) is 0. The van der Waals surface area contributed by atoms with Crippen molar-refractivity contribution in [2.24, 2.45) is 4.99 Å². The zero-order valence-electron chi connectivity index (χ0n) is 20.1. The van der Waals surface area contributed by atoms with Crippen LogP contribution in [0.4, 0.5) is 11.4 Å². The Morgan fingerprint density at radius 1 is 1.03 bits per heavy atom. The Bertz CT molecular complexity index is 1010. The molecule has 0 spiro atoms. The maximum absolute atomic E-state index is 5.27. The van der Waals surface area contributed by atoms with Crippen molar-refractivity contribution in [3.8, 4) is 0 Å². The van der Waals surface area contributed by atoms with E-state index in [9.17, 15) is 0 Å². The molecule has 30 heavy (non-hydrogen) atoms. The van der Waals surface area contributed by atoms with Crippen LogP contribution in [-0.4, -0.2) is 38.4 Å². The molecule has 0 atom stereocenters. The third-order valence-corrected chi connectivity index (χ3v) is 6.64. The van der Waals surface area contributed by atoms with Crippen LogP contribution in [0.15, 0.2) is 35.3 Å². The second-order valence-electron chi connectivity index (χ2n) is 10.6. The second kappa shape index (κ2) is 7.14. The van der Waals surface area contributed by atoms with E-state index in [4.69, 9.17) is 4.99 Å². The quantitative estimate of drug-likeness (QED) is 0.631. The fourth-order valence-electron chi connectivity index (χ4n) is 5.03. The fourth-order valence-corrected chi connectivity index (χ4v) is 5.03. The first-order chi connectivity index (χ1) is 14.0. The van der Waals surface area contributed by atoms with Crippen LogP contribution in [0.1, 0.15) is 75.8 Å². The average Bonchev–Trinajstić information content (AvgIpc) is 2.68. The molecule has 1 aliphatic carbocycles. The molecular formula is C27H37N3. The van der Waals surface area contributed by atoms with E-state index in [0.29, 0.717) is 0 Å². The molecule has 1 aliphatic heterocycles. The Labute approximate surface area is 182 Å². The van der Waals surface area contributed by atoms with Gasteiger partial charge >= 0.3 is 0 Å². The standard InChI is InChI=1S/C27H37N3/c1-9-30-14-10-11-18-15-21-23(17-24(18)30)27(5,6)22-16-19(29(7)8)12-13-20(22)25(21)28-26(2,3)4/h12-13,15-17H,9-11,14H2,1-8H3. The number of benzene rings is 2. The van der Waals surface area contributed by atoms with Crippen LogP contribution in [0.2, 0.25) is 0 Å². The normalized spacial score (nSPS) is 18.7. The first-order valence-corrected chi connectivity index (χ1v) is 11.4. The van der Waals surface area contributed by atoms with Crippen LogP contribution >= 0.6 is 0 Å². The van der Waals surface area contributed by atoms with Gasteiger partial charge in [-0.05, 0) is 81.5 Å². The Morgan fingerprint density at radius 3 is 2.37 bits per heavy atom. The van der Waals surface area contributed by atoms with Gasteiger partial charge in [0.1, 0.15) is 0 Å². The molecule has 2 aromatic rings. The zero-order valence-corrected chi connectivity index (χ0v) is 20.1. The number of hydrogen-bond acceptors (Lipinski definition) is 3. The van der Waals surface area contributed by atoms with Gasteiger partial charge in [-0.15, -0.1) is 0 Å². The summed E-state index contributed by atoms with van der Waals surface area (Å²) < 4.78 is 0. The van der Waals surface area contributed by atoms with E-state index in [0.717, 1.165) is 25.2 Å². The molecule has 2 aromatic carbocycles. The summed E-state index contributed by atoms with van der Waals surface area (Å²) in [5.41, 5.74) is 10.5. The molecule has 0 radical (unpaired) electrons. The van der Waals surface area contributed by atoms with E-state index in [1.807, 2.05) is 0 Å². The van der Waals surface area contributed by atoms with E-state index in [1.165, 1.54) is 45.6 Å². The molecular weight excluding hydrogens is 366 g/mol. The monoisotopic (exact) mass is 403 g/mol.